The molecule has 1 atom stereocenters. The molecule has 0 aromatic heterocycles. The minimum Gasteiger partial charge on any atom is -0.355 e. The summed E-state index contributed by atoms with van der Waals surface area (Å²) < 4.78 is 27.2. The van der Waals surface area contributed by atoms with Gasteiger partial charge < -0.3 is 5.32 Å². The number of benzene rings is 1. The third kappa shape index (κ3) is 3.10. The zero-order valence-electron chi connectivity index (χ0n) is 14.7. The molecule has 1 saturated heterocycles. The fourth-order valence-corrected chi connectivity index (χ4v) is 5.66. The van der Waals surface area contributed by atoms with Gasteiger partial charge in [0.15, 0.2) is 0 Å². The van der Waals surface area contributed by atoms with Crippen LogP contribution in [0.15, 0.2) is 29.2 Å². The van der Waals surface area contributed by atoms with Crippen molar-refractivity contribution in [2.45, 2.75) is 56.4 Å². The van der Waals surface area contributed by atoms with Gasteiger partial charge in [0.25, 0.3) is 0 Å². The highest BCUT2D eigenvalue weighted by molar-refractivity contribution is 7.89. The molecule has 1 heterocycles. The quantitative estimate of drug-likeness (QED) is 0.844. The molecular formula is C19H26N2O3S. The van der Waals surface area contributed by atoms with Crippen molar-refractivity contribution in [3.8, 4) is 0 Å². The topological polar surface area (TPSA) is 66.5 Å². The lowest BCUT2D eigenvalue weighted by molar-refractivity contribution is -0.124. The minimum absolute atomic E-state index is 0.0169. The summed E-state index contributed by atoms with van der Waals surface area (Å²) in [6.45, 7) is 3.21. The van der Waals surface area contributed by atoms with Gasteiger partial charge in [0.2, 0.25) is 15.9 Å². The summed E-state index contributed by atoms with van der Waals surface area (Å²) in [4.78, 5) is 12.3. The molecule has 5 nitrogen and oxygen atoms in total. The lowest BCUT2D eigenvalue weighted by atomic mass is 10.1. The molecule has 1 N–H and O–H groups in total. The van der Waals surface area contributed by atoms with E-state index in [0.29, 0.717) is 23.9 Å². The van der Waals surface area contributed by atoms with E-state index in [0.717, 1.165) is 44.1 Å². The fraction of sp³-hybridized carbons (Fsp3) is 0.632. The Balaban J connectivity index is 1.35. The molecule has 2 aliphatic carbocycles. The average molecular weight is 362 g/mol. The Kier molecular flexibility index (Phi) is 4.15. The monoisotopic (exact) mass is 362 g/mol. The molecule has 2 saturated carbocycles. The number of carbonyl (C=O) groups excluding carboxylic acids is 1. The zero-order valence-corrected chi connectivity index (χ0v) is 15.5. The molecule has 0 bridgehead atoms. The minimum atomic E-state index is -3.40. The Morgan fingerprint density at radius 2 is 1.92 bits per heavy atom. The molecule has 1 aliphatic heterocycles. The van der Waals surface area contributed by atoms with E-state index in [-0.39, 0.29) is 17.4 Å². The molecule has 3 aliphatic rings. The van der Waals surface area contributed by atoms with Gasteiger partial charge in [-0.25, -0.2) is 8.42 Å². The smallest absolute Gasteiger partial charge is 0.243 e. The number of amides is 1. The third-order valence-electron chi connectivity index (χ3n) is 6.11. The van der Waals surface area contributed by atoms with Crippen molar-refractivity contribution in [1.82, 2.24) is 9.62 Å². The van der Waals surface area contributed by atoms with E-state index in [4.69, 9.17) is 0 Å². The molecule has 4 rings (SSSR count). The molecule has 25 heavy (non-hydrogen) atoms. The summed E-state index contributed by atoms with van der Waals surface area (Å²) in [5, 5.41) is 3.01. The van der Waals surface area contributed by atoms with Crippen molar-refractivity contribution in [2.24, 2.45) is 11.3 Å². The van der Waals surface area contributed by atoms with E-state index in [1.165, 1.54) is 0 Å². The van der Waals surface area contributed by atoms with Crippen molar-refractivity contribution in [3.05, 3.63) is 29.8 Å². The fourth-order valence-electron chi connectivity index (χ4n) is 3.96. The molecule has 1 amide bonds. The van der Waals surface area contributed by atoms with E-state index < -0.39 is 10.0 Å². The van der Waals surface area contributed by atoms with E-state index in [9.17, 15) is 13.2 Å². The average Bonchev–Trinajstić information content (AvgIpc) is 3.46. The first-order valence-corrected chi connectivity index (χ1v) is 10.8. The molecule has 136 valence electrons. The van der Waals surface area contributed by atoms with Crippen LogP contribution in [0.4, 0.5) is 0 Å². The van der Waals surface area contributed by atoms with Gasteiger partial charge in [-0.15, -0.1) is 0 Å². The number of fused-ring (bicyclic) bond motifs is 1. The molecule has 1 aromatic carbocycles. The largest absolute Gasteiger partial charge is 0.355 e. The van der Waals surface area contributed by atoms with Crippen LogP contribution >= 0.6 is 0 Å². The van der Waals surface area contributed by atoms with Crippen LogP contribution in [0.5, 0.6) is 0 Å². The van der Waals surface area contributed by atoms with Crippen LogP contribution in [-0.2, 0) is 21.2 Å². The number of nitrogens with one attached hydrogen (secondary N) is 1. The second-order valence-electron chi connectivity index (χ2n) is 7.87. The van der Waals surface area contributed by atoms with Crippen LogP contribution in [0, 0.1) is 11.3 Å². The van der Waals surface area contributed by atoms with Crippen LogP contribution in [0.25, 0.3) is 0 Å². The van der Waals surface area contributed by atoms with Crippen molar-refractivity contribution in [1.29, 1.82) is 0 Å². The first-order chi connectivity index (χ1) is 11.9. The maximum atomic E-state index is 12.8. The van der Waals surface area contributed by atoms with Gasteiger partial charge in [-0.2, -0.15) is 4.31 Å². The van der Waals surface area contributed by atoms with E-state index in [1.807, 2.05) is 19.1 Å². The summed E-state index contributed by atoms with van der Waals surface area (Å²) in [6, 6.07) is 7.20. The predicted molar refractivity (Wildman–Crippen MR) is 95.5 cm³/mol. The Morgan fingerprint density at radius 1 is 1.24 bits per heavy atom. The maximum Gasteiger partial charge on any atom is 0.243 e. The standard InChI is InChI=1S/C19H26N2O3S/c1-14-4-2-3-11-21(14)25(23,24)17-7-5-15(6-8-17)9-10-20-18(22)19-12-16(19)13-19/h5-8,14,16H,2-4,9-13H2,1H3,(H,20,22). The van der Waals surface area contributed by atoms with Crippen LogP contribution in [-0.4, -0.2) is 37.8 Å². The van der Waals surface area contributed by atoms with Crippen LogP contribution < -0.4 is 5.32 Å². The Bertz CT molecular complexity index is 766. The highest BCUT2D eigenvalue weighted by Crippen LogP contribution is 2.75. The third-order valence-corrected chi connectivity index (χ3v) is 8.13. The van der Waals surface area contributed by atoms with Gasteiger partial charge in [0.05, 0.1) is 10.3 Å². The number of carbonyl (C=O) groups is 1. The second kappa shape index (κ2) is 6.09. The molecular weight excluding hydrogens is 336 g/mol. The zero-order chi connectivity index (χ0) is 17.7. The van der Waals surface area contributed by atoms with Gasteiger partial charge in [0.1, 0.15) is 0 Å². The molecule has 3 fully saturated rings. The number of piperidine rings is 1. The number of sulfonamides is 1. The second-order valence-corrected chi connectivity index (χ2v) is 9.76. The molecule has 6 heteroatoms. The number of hydrogen-bond donors (Lipinski definition) is 1. The number of nitrogens with zero attached hydrogens (tertiary/aromatic N) is 1. The Labute approximate surface area is 149 Å². The van der Waals surface area contributed by atoms with Crippen molar-refractivity contribution in [2.75, 3.05) is 13.1 Å². The Morgan fingerprint density at radius 3 is 2.52 bits per heavy atom. The number of hydrogen-bond acceptors (Lipinski definition) is 3. The normalized spacial score (nSPS) is 31.2. The van der Waals surface area contributed by atoms with Crippen molar-refractivity contribution >= 4 is 15.9 Å². The SMILES string of the molecule is CC1CCCCN1S(=O)(=O)c1ccc(CCNC(=O)C23CC2C3)cc1. The summed E-state index contributed by atoms with van der Waals surface area (Å²) in [6.07, 6.45) is 5.83. The summed E-state index contributed by atoms with van der Waals surface area (Å²) >= 11 is 0. The lowest BCUT2D eigenvalue weighted by Gasteiger charge is -2.32. The lowest BCUT2D eigenvalue weighted by Crippen LogP contribution is -2.41. The highest BCUT2D eigenvalue weighted by Gasteiger charge is 2.74. The first-order valence-electron chi connectivity index (χ1n) is 9.32. The molecule has 1 unspecified atom stereocenters. The maximum absolute atomic E-state index is 12.8. The van der Waals surface area contributed by atoms with Crippen LogP contribution in [0.2, 0.25) is 0 Å². The van der Waals surface area contributed by atoms with Gasteiger partial charge in [-0.05, 0) is 62.6 Å². The van der Waals surface area contributed by atoms with Crippen molar-refractivity contribution < 1.29 is 13.2 Å². The van der Waals surface area contributed by atoms with Gasteiger partial charge >= 0.3 is 0 Å². The highest BCUT2D eigenvalue weighted by atomic mass is 32.2. The predicted octanol–water partition coefficient (Wildman–Crippen LogP) is 2.32. The summed E-state index contributed by atoms with van der Waals surface area (Å²) in [7, 11) is -3.40. The van der Waals surface area contributed by atoms with Crippen LogP contribution in [0.3, 0.4) is 0 Å². The number of rotatable bonds is 6. The van der Waals surface area contributed by atoms with E-state index in [2.05, 4.69) is 5.32 Å². The van der Waals surface area contributed by atoms with Crippen LogP contribution in [0.1, 0.15) is 44.6 Å². The molecule has 0 spiro atoms. The van der Waals surface area contributed by atoms with Gasteiger partial charge in [-0.1, -0.05) is 18.6 Å². The summed E-state index contributed by atoms with van der Waals surface area (Å²) in [5.74, 6) is 0.866. The summed E-state index contributed by atoms with van der Waals surface area (Å²) in [5.41, 5.74) is 1.06. The Hall–Kier alpha value is -1.40. The molecule has 1 aromatic rings. The van der Waals surface area contributed by atoms with Crippen molar-refractivity contribution in [3.63, 3.8) is 0 Å². The van der Waals surface area contributed by atoms with Gasteiger partial charge in [-0.3, -0.25) is 4.79 Å². The molecule has 0 radical (unpaired) electrons. The van der Waals surface area contributed by atoms with Gasteiger partial charge in [0, 0.05) is 19.1 Å². The first kappa shape index (κ1) is 17.0. The van der Waals surface area contributed by atoms with E-state index in [1.54, 1.807) is 16.4 Å². The van der Waals surface area contributed by atoms with E-state index >= 15 is 0 Å².